The molecule has 2 aromatic carbocycles. The Balaban J connectivity index is 1.74. The number of nitrogens with one attached hydrogen (secondary N) is 1. The van der Waals surface area contributed by atoms with E-state index in [-0.39, 0.29) is 11.6 Å². The van der Waals surface area contributed by atoms with Crippen LogP contribution in [0.4, 0.5) is 10.1 Å². The summed E-state index contributed by atoms with van der Waals surface area (Å²) in [6, 6.07) is 13.7. The first-order valence-corrected chi connectivity index (χ1v) is 6.43. The molecule has 1 N–H and O–H groups in total. The Morgan fingerprint density at radius 2 is 1.79 bits per heavy atom. The molecule has 0 aromatic heterocycles. The van der Waals surface area contributed by atoms with E-state index in [9.17, 15) is 4.39 Å². The second-order valence-electron chi connectivity index (χ2n) is 4.87. The average Bonchev–Trinajstić information content (AvgIpc) is 2.83. The number of ether oxygens (including phenoxy) is 1. The molecule has 0 heterocycles. The van der Waals surface area contributed by atoms with Crippen LogP contribution in [0.3, 0.4) is 0 Å². The second-order valence-corrected chi connectivity index (χ2v) is 4.87. The van der Waals surface area contributed by atoms with Crippen molar-refractivity contribution < 1.29 is 9.13 Å². The molecule has 98 valence electrons. The molecule has 0 spiro atoms. The standard InChI is InChI=1S/C16H16FNO/c1-19-16-10-13(6-7-15(16)17)18-14-8-11-4-2-3-5-12(11)9-14/h2-7,10,14,18H,8-9H2,1H3. The Labute approximate surface area is 112 Å². The first-order chi connectivity index (χ1) is 9.26. The van der Waals surface area contributed by atoms with Gasteiger partial charge in [-0.05, 0) is 36.1 Å². The summed E-state index contributed by atoms with van der Waals surface area (Å²) in [5.74, 6) is -0.0525. The van der Waals surface area contributed by atoms with Crippen LogP contribution in [0.25, 0.3) is 0 Å². The summed E-state index contributed by atoms with van der Waals surface area (Å²) in [4.78, 5) is 0. The summed E-state index contributed by atoms with van der Waals surface area (Å²) in [7, 11) is 1.48. The molecule has 0 aliphatic heterocycles. The molecule has 1 aliphatic carbocycles. The van der Waals surface area contributed by atoms with Gasteiger partial charge in [0.2, 0.25) is 0 Å². The monoisotopic (exact) mass is 257 g/mol. The van der Waals surface area contributed by atoms with Crippen LogP contribution < -0.4 is 10.1 Å². The van der Waals surface area contributed by atoms with Crippen molar-refractivity contribution in [3.63, 3.8) is 0 Å². The normalized spacial score (nSPS) is 14.2. The molecule has 0 radical (unpaired) electrons. The highest BCUT2D eigenvalue weighted by Crippen LogP contribution is 2.27. The molecule has 0 fully saturated rings. The van der Waals surface area contributed by atoms with Gasteiger partial charge in [0.1, 0.15) is 0 Å². The zero-order valence-electron chi connectivity index (χ0n) is 10.8. The Kier molecular flexibility index (Phi) is 3.11. The Hall–Kier alpha value is -2.03. The molecule has 0 atom stereocenters. The number of hydrogen-bond acceptors (Lipinski definition) is 2. The van der Waals surface area contributed by atoms with Crippen molar-refractivity contribution in [1.82, 2.24) is 0 Å². The number of fused-ring (bicyclic) bond motifs is 1. The lowest BCUT2D eigenvalue weighted by molar-refractivity contribution is 0.386. The minimum absolute atomic E-state index is 0.278. The highest BCUT2D eigenvalue weighted by molar-refractivity contribution is 5.51. The van der Waals surface area contributed by atoms with Crippen LogP contribution in [-0.2, 0) is 12.8 Å². The summed E-state index contributed by atoms with van der Waals surface area (Å²) < 4.78 is 18.3. The van der Waals surface area contributed by atoms with E-state index in [0.717, 1.165) is 18.5 Å². The molecule has 0 amide bonds. The van der Waals surface area contributed by atoms with E-state index >= 15 is 0 Å². The second kappa shape index (κ2) is 4.92. The third-order valence-corrected chi connectivity index (χ3v) is 3.57. The largest absolute Gasteiger partial charge is 0.494 e. The molecule has 0 bridgehead atoms. The fourth-order valence-corrected chi connectivity index (χ4v) is 2.65. The lowest BCUT2D eigenvalue weighted by Gasteiger charge is -2.14. The number of methoxy groups -OCH3 is 1. The first kappa shape index (κ1) is 12.0. The highest BCUT2D eigenvalue weighted by atomic mass is 19.1. The van der Waals surface area contributed by atoms with Crippen molar-refractivity contribution >= 4 is 5.69 Å². The predicted molar refractivity (Wildman–Crippen MR) is 74.2 cm³/mol. The van der Waals surface area contributed by atoms with Crippen LogP contribution in [0.1, 0.15) is 11.1 Å². The summed E-state index contributed by atoms with van der Waals surface area (Å²) >= 11 is 0. The van der Waals surface area contributed by atoms with Crippen molar-refractivity contribution in [2.75, 3.05) is 12.4 Å². The van der Waals surface area contributed by atoms with Gasteiger partial charge in [-0.1, -0.05) is 24.3 Å². The molecular formula is C16H16FNO. The van der Waals surface area contributed by atoms with Gasteiger partial charge in [-0.15, -0.1) is 0 Å². The molecule has 3 heteroatoms. The van der Waals surface area contributed by atoms with Gasteiger partial charge >= 0.3 is 0 Å². The molecule has 19 heavy (non-hydrogen) atoms. The molecule has 2 aromatic rings. The van der Waals surface area contributed by atoms with Crippen molar-refractivity contribution in [3.05, 3.63) is 59.4 Å². The van der Waals surface area contributed by atoms with Gasteiger partial charge in [-0.25, -0.2) is 4.39 Å². The lowest BCUT2D eigenvalue weighted by atomic mass is 10.1. The molecule has 0 saturated heterocycles. The van der Waals surface area contributed by atoms with Crippen molar-refractivity contribution in [2.24, 2.45) is 0 Å². The molecular weight excluding hydrogens is 241 g/mol. The van der Waals surface area contributed by atoms with Crippen LogP contribution in [0.15, 0.2) is 42.5 Å². The van der Waals surface area contributed by atoms with E-state index in [4.69, 9.17) is 4.74 Å². The Bertz CT molecular complexity index is 572. The maximum absolute atomic E-state index is 13.3. The molecule has 0 unspecified atom stereocenters. The van der Waals surface area contributed by atoms with Gasteiger partial charge < -0.3 is 10.1 Å². The van der Waals surface area contributed by atoms with Gasteiger partial charge in [-0.2, -0.15) is 0 Å². The van der Waals surface area contributed by atoms with E-state index in [1.165, 1.54) is 24.3 Å². The molecule has 3 rings (SSSR count). The quantitative estimate of drug-likeness (QED) is 0.909. The van der Waals surface area contributed by atoms with Gasteiger partial charge in [-0.3, -0.25) is 0 Å². The molecule has 0 saturated carbocycles. The summed E-state index contributed by atoms with van der Waals surface area (Å²) in [5, 5.41) is 3.44. The maximum Gasteiger partial charge on any atom is 0.165 e. The summed E-state index contributed by atoms with van der Waals surface area (Å²) in [6.07, 6.45) is 2.02. The summed E-state index contributed by atoms with van der Waals surface area (Å²) in [6.45, 7) is 0. The average molecular weight is 257 g/mol. The number of halogens is 1. The Morgan fingerprint density at radius 1 is 1.11 bits per heavy atom. The zero-order valence-corrected chi connectivity index (χ0v) is 10.8. The number of hydrogen-bond donors (Lipinski definition) is 1. The van der Waals surface area contributed by atoms with Crippen molar-refractivity contribution in [3.8, 4) is 5.75 Å². The number of anilines is 1. The SMILES string of the molecule is COc1cc(NC2Cc3ccccc3C2)ccc1F. The minimum atomic E-state index is -0.331. The van der Waals surface area contributed by atoms with Crippen LogP contribution >= 0.6 is 0 Å². The van der Waals surface area contributed by atoms with E-state index in [2.05, 4.69) is 29.6 Å². The van der Waals surface area contributed by atoms with Gasteiger partial charge in [0.25, 0.3) is 0 Å². The van der Waals surface area contributed by atoms with Crippen molar-refractivity contribution in [2.45, 2.75) is 18.9 Å². The predicted octanol–water partition coefficient (Wildman–Crippen LogP) is 3.41. The van der Waals surface area contributed by atoms with Gasteiger partial charge in [0.05, 0.1) is 7.11 Å². The third kappa shape index (κ3) is 2.41. The molecule has 1 aliphatic rings. The number of benzene rings is 2. The lowest BCUT2D eigenvalue weighted by Crippen LogP contribution is -2.19. The fourth-order valence-electron chi connectivity index (χ4n) is 2.65. The molecule has 2 nitrogen and oxygen atoms in total. The van der Waals surface area contributed by atoms with E-state index in [0.29, 0.717) is 6.04 Å². The zero-order chi connectivity index (χ0) is 13.2. The van der Waals surface area contributed by atoms with E-state index < -0.39 is 0 Å². The maximum atomic E-state index is 13.3. The van der Waals surface area contributed by atoms with Gasteiger partial charge in [0, 0.05) is 17.8 Å². The minimum Gasteiger partial charge on any atom is -0.494 e. The van der Waals surface area contributed by atoms with E-state index in [1.54, 1.807) is 12.1 Å². The van der Waals surface area contributed by atoms with E-state index in [1.807, 2.05) is 0 Å². The highest BCUT2D eigenvalue weighted by Gasteiger charge is 2.20. The Morgan fingerprint density at radius 3 is 2.42 bits per heavy atom. The fraction of sp³-hybridized carbons (Fsp3) is 0.250. The smallest absolute Gasteiger partial charge is 0.165 e. The third-order valence-electron chi connectivity index (χ3n) is 3.57. The van der Waals surface area contributed by atoms with Crippen LogP contribution in [0.5, 0.6) is 5.75 Å². The van der Waals surface area contributed by atoms with Crippen LogP contribution in [0, 0.1) is 5.82 Å². The van der Waals surface area contributed by atoms with Gasteiger partial charge in [0.15, 0.2) is 11.6 Å². The topological polar surface area (TPSA) is 21.3 Å². The summed E-state index contributed by atoms with van der Waals surface area (Å²) in [5.41, 5.74) is 3.69. The van der Waals surface area contributed by atoms with Crippen molar-refractivity contribution in [1.29, 1.82) is 0 Å². The number of rotatable bonds is 3. The van der Waals surface area contributed by atoms with Crippen LogP contribution in [0.2, 0.25) is 0 Å². The first-order valence-electron chi connectivity index (χ1n) is 6.43. The van der Waals surface area contributed by atoms with Crippen LogP contribution in [-0.4, -0.2) is 13.2 Å².